The summed E-state index contributed by atoms with van der Waals surface area (Å²) < 4.78 is 0. The van der Waals surface area contributed by atoms with Crippen molar-refractivity contribution in [3.8, 4) is 33.5 Å². The van der Waals surface area contributed by atoms with Crippen molar-refractivity contribution in [2.45, 2.75) is 44.4 Å². The quantitative estimate of drug-likeness (QED) is 0.204. The first kappa shape index (κ1) is 26.3. The smallest absolute Gasteiger partial charge is 0.0935 e. The van der Waals surface area contributed by atoms with E-state index in [0.717, 1.165) is 28.0 Å². The van der Waals surface area contributed by atoms with Gasteiger partial charge in [-0.25, -0.2) is 9.97 Å². The van der Waals surface area contributed by atoms with E-state index in [1.165, 1.54) is 55.3 Å². The molecule has 1 aromatic heterocycles. The molecule has 1 unspecified atom stereocenters. The minimum Gasteiger partial charge on any atom is -0.248 e. The van der Waals surface area contributed by atoms with Gasteiger partial charge in [-0.15, -0.1) is 0 Å². The monoisotopic (exact) mass is 578 g/mol. The van der Waals surface area contributed by atoms with Crippen LogP contribution >= 0.6 is 0 Å². The molecule has 0 N–H and O–H groups in total. The summed E-state index contributed by atoms with van der Waals surface area (Å²) >= 11 is 0. The molecule has 0 bridgehead atoms. The molecule has 2 aliphatic rings. The fraction of sp³-hybridized carbons (Fsp3) is 0.163. The third-order valence-electron chi connectivity index (χ3n) is 11.1. The Balaban J connectivity index is 1.44. The molecule has 216 valence electrons. The largest absolute Gasteiger partial charge is 0.248 e. The molecule has 6 aromatic carbocycles. The number of hydrogen-bond acceptors (Lipinski definition) is 2. The first-order valence-corrected chi connectivity index (χ1v) is 16.0. The van der Waals surface area contributed by atoms with Crippen LogP contribution in [-0.2, 0) is 10.8 Å². The minimum atomic E-state index is -0.166. The van der Waals surface area contributed by atoms with Crippen LogP contribution < -0.4 is 0 Å². The van der Waals surface area contributed by atoms with E-state index in [2.05, 4.69) is 149 Å². The lowest BCUT2D eigenvalue weighted by molar-refractivity contribution is 0.297. The highest BCUT2D eigenvalue weighted by Crippen LogP contribution is 2.61. The zero-order valence-electron chi connectivity index (χ0n) is 26.1. The number of nitrogens with zero attached hydrogens (tertiary/aromatic N) is 2. The van der Waals surface area contributed by atoms with Gasteiger partial charge in [0.2, 0.25) is 0 Å². The molecule has 2 nitrogen and oxygen atoms in total. The first-order valence-electron chi connectivity index (χ1n) is 16.0. The second-order valence-corrected chi connectivity index (χ2v) is 13.7. The van der Waals surface area contributed by atoms with Gasteiger partial charge in [0.25, 0.3) is 0 Å². The van der Waals surface area contributed by atoms with Crippen molar-refractivity contribution in [3.05, 3.63) is 155 Å². The van der Waals surface area contributed by atoms with Gasteiger partial charge >= 0.3 is 0 Å². The Labute approximate surface area is 264 Å². The molecule has 0 spiro atoms. The Morgan fingerprint density at radius 1 is 0.533 bits per heavy atom. The van der Waals surface area contributed by atoms with E-state index in [0.29, 0.717) is 0 Å². The van der Waals surface area contributed by atoms with E-state index >= 15 is 0 Å². The van der Waals surface area contributed by atoms with Gasteiger partial charge in [-0.05, 0) is 78.2 Å². The van der Waals surface area contributed by atoms with Gasteiger partial charge in [0, 0.05) is 5.56 Å². The molecule has 7 aromatic rings. The lowest BCUT2D eigenvalue weighted by Gasteiger charge is -2.50. The second kappa shape index (κ2) is 9.22. The summed E-state index contributed by atoms with van der Waals surface area (Å²) in [5.41, 5.74) is 15.5. The van der Waals surface area contributed by atoms with Gasteiger partial charge in [0.15, 0.2) is 0 Å². The maximum Gasteiger partial charge on any atom is 0.0935 e. The average molecular weight is 579 g/mol. The molecule has 0 aliphatic heterocycles. The lowest BCUT2D eigenvalue weighted by Crippen LogP contribution is -2.44. The Hall–Kier alpha value is -5.08. The normalized spacial score (nSPS) is 17.0. The summed E-state index contributed by atoms with van der Waals surface area (Å²) in [5.74, 6) is -0.0509. The molecule has 0 fully saturated rings. The first-order chi connectivity index (χ1) is 21.9. The van der Waals surface area contributed by atoms with Crippen molar-refractivity contribution < 1.29 is 0 Å². The van der Waals surface area contributed by atoms with Crippen molar-refractivity contribution in [2.24, 2.45) is 0 Å². The molecule has 0 radical (unpaired) electrons. The fourth-order valence-electron chi connectivity index (χ4n) is 8.22. The molecule has 2 heteroatoms. The van der Waals surface area contributed by atoms with Crippen LogP contribution in [0.3, 0.4) is 0 Å². The van der Waals surface area contributed by atoms with Crippen molar-refractivity contribution in [1.29, 1.82) is 0 Å². The lowest BCUT2D eigenvalue weighted by atomic mass is 9.53. The molecule has 0 amide bonds. The van der Waals surface area contributed by atoms with E-state index in [1.807, 2.05) is 6.07 Å². The molecular weight excluding hydrogens is 544 g/mol. The van der Waals surface area contributed by atoms with Crippen LogP contribution in [0.15, 0.2) is 127 Å². The molecule has 45 heavy (non-hydrogen) atoms. The third kappa shape index (κ3) is 3.51. The number of benzene rings is 6. The summed E-state index contributed by atoms with van der Waals surface area (Å²) in [6.07, 6.45) is 0. The van der Waals surface area contributed by atoms with Crippen LogP contribution in [0.4, 0.5) is 0 Å². The molecular formula is C43H34N2. The van der Waals surface area contributed by atoms with Crippen LogP contribution in [0.2, 0.25) is 0 Å². The summed E-state index contributed by atoms with van der Waals surface area (Å²) in [5, 5.41) is 2.60. The molecule has 0 saturated heterocycles. The molecule has 0 saturated carbocycles. The van der Waals surface area contributed by atoms with Gasteiger partial charge in [-0.3, -0.25) is 0 Å². The summed E-state index contributed by atoms with van der Waals surface area (Å²) in [6.45, 7) is 9.78. The van der Waals surface area contributed by atoms with Crippen molar-refractivity contribution >= 4 is 21.8 Å². The van der Waals surface area contributed by atoms with Gasteiger partial charge in [0.1, 0.15) is 0 Å². The van der Waals surface area contributed by atoms with E-state index in [-0.39, 0.29) is 16.7 Å². The minimum absolute atomic E-state index is 0.0509. The Kier molecular flexibility index (Phi) is 5.39. The highest BCUT2D eigenvalue weighted by Gasteiger charge is 2.50. The zero-order chi connectivity index (χ0) is 30.5. The molecule has 1 heterocycles. The van der Waals surface area contributed by atoms with Crippen LogP contribution in [0.1, 0.15) is 61.6 Å². The number of rotatable bonds is 2. The highest BCUT2D eigenvalue weighted by atomic mass is 14.8. The maximum absolute atomic E-state index is 5.50. The van der Waals surface area contributed by atoms with E-state index in [1.54, 1.807) is 0 Å². The van der Waals surface area contributed by atoms with Crippen molar-refractivity contribution in [1.82, 2.24) is 9.97 Å². The highest BCUT2D eigenvalue weighted by molar-refractivity contribution is 6.02. The number of aromatic nitrogens is 2. The predicted molar refractivity (Wildman–Crippen MR) is 187 cm³/mol. The van der Waals surface area contributed by atoms with E-state index in [9.17, 15) is 0 Å². The van der Waals surface area contributed by atoms with E-state index in [4.69, 9.17) is 9.97 Å². The van der Waals surface area contributed by atoms with Gasteiger partial charge < -0.3 is 0 Å². The standard InChI is InChI=1S/C43H34N2/c1-42(2)33-25-22-26-14-8-9-17-28(26)36(33)32-24-23-31-29-18-10-11-19-30(29)38(37(31)39(32)43(42,3)4)41-40(27-15-6-5-7-16-27)44-34-20-12-13-21-35(34)45-41/h5-25,38H,1-4H3. The Morgan fingerprint density at radius 3 is 2.02 bits per heavy atom. The SMILES string of the molecule is CC1(C)c2ccc3ccccc3c2-c2ccc3c(c2C1(C)C)C(c1nc2ccccc2nc1-c1ccccc1)c1ccccc1-3. The van der Waals surface area contributed by atoms with E-state index < -0.39 is 0 Å². The number of fused-ring (bicyclic) bond motifs is 10. The Morgan fingerprint density at radius 2 is 1.20 bits per heavy atom. The average Bonchev–Trinajstić information content (AvgIpc) is 3.40. The van der Waals surface area contributed by atoms with Gasteiger partial charge in [0.05, 0.1) is 28.3 Å². The van der Waals surface area contributed by atoms with Crippen LogP contribution in [0.25, 0.3) is 55.3 Å². The van der Waals surface area contributed by atoms with Gasteiger partial charge in [-0.2, -0.15) is 0 Å². The molecule has 1 atom stereocenters. The summed E-state index contributed by atoms with van der Waals surface area (Å²) in [4.78, 5) is 10.8. The predicted octanol–water partition coefficient (Wildman–Crippen LogP) is 10.8. The number of para-hydroxylation sites is 2. The fourth-order valence-corrected chi connectivity index (χ4v) is 8.22. The Bertz CT molecular complexity index is 2330. The van der Waals surface area contributed by atoms with Crippen LogP contribution in [-0.4, -0.2) is 9.97 Å². The zero-order valence-corrected chi connectivity index (χ0v) is 26.1. The number of hydrogen-bond donors (Lipinski definition) is 0. The summed E-state index contributed by atoms with van der Waals surface area (Å²) in [7, 11) is 0. The van der Waals surface area contributed by atoms with Crippen LogP contribution in [0.5, 0.6) is 0 Å². The van der Waals surface area contributed by atoms with Crippen LogP contribution in [0, 0.1) is 0 Å². The molecule has 2 aliphatic carbocycles. The summed E-state index contributed by atoms with van der Waals surface area (Å²) in [6, 6.07) is 46.2. The third-order valence-corrected chi connectivity index (χ3v) is 11.1. The maximum atomic E-state index is 5.50. The van der Waals surface area contributed by atoms with Gasteiger partial charge in [-0.1, -0.05) is 143 Å². The second-order valence-electron chi connectivity index (χ2n) is 13.7. The topological polar surface area (TPSA) is 25.8 Å². The van der Waals surface area contributed by atoms with Crippen molar-refractivity contribution in [2.75, 3.05) is 0 Å². The molecule has 9 rings (SSSR count). The van der Waals surface area contributed by atoms with Crippen molar-refractivity contribution in [3.63, 3.8) is 0 Å².